The lowest BCUT2D eigenvalue weighted by atomic mass is 10.3. The first-order valence-corrected chi connectivity index (χ1v) is 6.39. The first-order valence-electron chi connectivity index (χ1n) is 4.98. The number of halogens is 5. The van der Waals surface area contributed by atoms with Gasteiger partial charge in [0.2, 0.25) is 34.8 Å². The van der Waals surface area contributed by atoms with Crippen molar-refractivity contribution < 1.29 is 34.6 Å². The molecule has 0 aliphatic rings. The van der Waals surface area contributed by atoms with Crippen LogP contribution in [0, 0.1) is 29.1 Å². The third-order valence-electron chi connectivity index (χ3n) is 2.13. The van der Waals surface area contributed by atoms with Crippen molar-refractivity contribution in [1.82, 2.24) is 9.97 Å². The largest absolute Gasteiger partial charge is 0.375 e. The van der Waals surface area contributed by atoms with Gasteiger partial charge in [-0.2, -0.15) is 17.2 Å². The van der Waals surface area contributed by atoms with Gasteiger partial charge in [0.1, 0.15) is 0 Å². The Morgan fingerprint density at radius 1 is 0.810 bits per heavy atom. The van der Waals surface area contributed by atoms with Crippen molar-refractivity contribution in [2.75, 3.05) is 0 Å². The minimum atomic E-state index is -4.96. The molecule has 2 rings (SSSR count). The Balaban J connectivity index is 2.55. The van der Waals surface area contributed by atoms with E-state index in [0.717, 1.165) is 12.4 Å². The van der Waals surface area contributed by atoms with E-state index in [1.165, 1.54) is 6.07 Å². The van der Waals surface area contributed by atoms with E-state index >= 15 is 0 Å². The highest BCUT2D eigenvalue weighted by Gasteiger charge is 2.31. The van der Waals surface area contributed by atoms with E-state index in [1.54, 1.807) is 0 Å². The van der Waals surface area contributed by atoms with Gasteiger partial charge < -0.3 is 4.18 Å². The smallest absolute Gasteiger partial charge is 0.370 e. The Hall–Kier alpha value is -2.30. The average Bonchev–Trinajstić information content (AvgIpc) is 2.48. The first-order chi connectivity index (χ1) is 9.75. The molecule has 0 aliphatic heterocycles. The van der Waals surface area contributed by atoms with Crippen molar-refractivity contribution in [3.05, 3.63) is 47.5 Å². The average molecular weight is 326 g/mol. The molecule has 2 aromatic rings. The normalized spacial score (nSPS) is 11.5. The molecule has 0 spiro atoms. The van der Waals surface area contributed by atoms with Crippen LogP contribution in [0.25, 0.3) is 0 Å². The molecule has 112 valence electrons. The Bertz CT molecular complexity index is 769. The molecule has 0 atom stereocenters. The van der Waals surface area contributed by atoms with Gasteiger partial charge in [0.15, 0.2) is 0 Å². The molecule has 1 heterocycles. The molecule has 11 heteroatoms. The van der Waals surface area contributed by atoms with Crippen LogP contribution in [-0.2, 0) is 10.1 Å². The molecule has 0 N–H and O–H groups in total. The van der Waals surface area contributed by atoms with Crippen LogP contribution < -0.4 is 4.18 Å². The Morgan fingerprint density at radius 2 is 1.24 bits per heavy atom. The maximum atomic E-state index is 13.3. The lowest BCUT2D eigenvalue weighted by molar-refractivity contribution is 0.346. The second-order valence-corrected chi connectivity index (χ2v) is 4.91. The highest BCUT2D eigenvalue weighted by molar-refractivity contribution is 7.86. The van der Waals surface area contributed by atoms with Crippen LogP contribution in [0.3, 0.4) is 0 Å². The van der Waals surface area contributed by atoms with Crippen LogP contribution in [0.1, 0.15) is 0 Å². The van der Waals surface area contributed by atoms with E-state index < -0.39 is 50.1 Å². The third kappa shape index (κ3) is 2.63. The predicted molar refractivity (Wildman–Crippen MR) is 56.1 cm³/mol. The van der Waals surface area contributed by atoms with Crippen LogP contribution in [-0.4, -0.2) is 18.4 Å². The van der Waals surface area contributed by atoms with Gasteiger partial charge in [0.05, 0.1) is 0 Å². The monoisotopic (exact) mass is 326 g/mol. The lowest BCUT2D eigenvalue weighted by Crippen LogP contribution is -2.16. The van der Waals surface area contributed by atoms with E-state index in [-0.39, 0.29) is 0 Å². The number of hydrogen-bond acceptors (Lipinski definition) is 5. The fraction of sp³-hybridized carbons (Fsp3) is 0. The van der Waals surface area contributed by atoms with Crippen LogP contribution in [0.15, 0.2) is 23.6 Å². The Labute approximate surface area is 114 Å². The van der Waals surface area contributed by atoms with E-state index in [9.17, 15) is 30.4 Å². The van der Waals surface area contributed by atoms with E-state index in [2.05, 4.69) is 14.2 Å². The fourth-order valence-corrected chi connectivity index (χ4v) is 2.04. The number of nitrogens with zero attached hydrogens (tertiary/aromatic N) is 2. The standard InChI is InChI=1S/C10H3F5N2O3S/c11-4-5(12)7(14)9(8(15)6(4)13)20-21(18,19)10-16-2-1-3-17-10/h1-3H. The molecular weight excluding hydrogens is 323 g/mol. The van der Waals surface area contributed by atoms with Crippen molar-refractivity contribution in [3.63, 3.8) is 0 Å². The lowest BCUT2D eigenvalue weighted by Gasteiger charge is -2.09. The van der Waals surface area contributed by atoms with E-state index in [4.69, 9.17) is 0 Å². The molecule has 0 bridgehead atoms. The zero-order chi connectivity index (χ0) is 15.8. The van der Waals surface area contributed by atoms with Crippen LogP contribution in [0.5, 0.6) is 5.75 Å². The second-order valence-electron chi connectivity index (χ2n) is 3.47. The van der Waals surface area contributed by atoms with Crippen LogP contribution >= 0.6 is 0 Å². The summed E-state index contributed by atoms with van der Waals surface area (Å²) >= 11 is 0. The molecular formula is C10H3F5N2O3S. The summed E-state index contributed by atoms with van der Waals surface area (Å²) in [6, 6.07) is 1.23. The summed E-state index contributed by atoms with van der Waals surface area (Å²) in [5.41, 5.74) is 0. The minimum Gasteiger partial charge on any atom is -0.370 e. The van der Waals surface area contributed by atoms with Crippen molar-refractivity contribution in [2.24, 2.45) is 0 Å². The highest BCUT2D eigenvalue weighted by atomic mass is 32.2. The molecule has 0 saturated carbocycles. The first kappa shape index (κ1) is 15.1. The van der Waals surface area contributed by atoms with Crippen molar-refractivity contribution in [3.8, 4) is 5.75 Å². The van der Waals surface area contributed by atoms with Gasteiger partial charge in [-0.15, -0.1) is 0 Å². The summed E-state index contributed by atoms with van der Waals surface area (Å²) in [5.74, 6) is -13.9. The summed E-state index contributed by atoms with van der Waals surface area (Å²) in [7, 11) is -4.96. The van der Waals surface area contributed by atoms with Crippen LogP contribution in [0.2, 0.25) is 0 Å². The van der Waals surface area contributed by atoms with E-state index in [1.807, 2.05) is 0 Å². The minimum absolute atomic E-state index is 0.974. The van der Waals surface area contributed by atoms with Crippen molar-refractivity contribution >= 4 is 10.1 Å². The molecule has 1 aromatic carbocycles. The molecule has 0 unspecified atom stereocenters. The summed E-state index contributed by atoms with van der Waals surface area (Å²) in [6.07, 6.45) is 1.95. The summed E-state index contributed by atoms with van der Waals surface area (Å²) in [6.45, 7) is 0. The van der Waals surface area contributed by atoms with Gasteiger partial charge in [-0.3, -0.25) is 0 Å². The SMILES string of the molecule is O=S(=O)(Oc1c(F)c(F)c(F)c(F)c1F)c1ncccn1. The number of rotatable bonds is 3. The van der Waals surface area contributed by atoms with Gasteiger partial charge in [-0.1, -0.05) is 0 Å². The molecule has 1 aromatic heterocycles. The number of aromatic nitrogens is 2. The van der Waals surface area contributed by atoms with Gasteiger partial charge in [0, 0.05) is 12.4 Å². The van der Waals surface area contributed by atoms with Gasteiger partial charge >= 0.3 is 10.1 Å². The molecule has 0 aliphatic carbocycles. The van der Waals surface area contributed by atoms with Gasteiger partial charge in [-0.25, -0.2) is 23.1 Å². The molecule has 0 radical (unpaired) electrons. The molecule has 0 amide bonds. The number of benzene rings is 1. The van der Waals surface area contributed by atoms with Crippen molar-refractivity contribution in [2.45, 2.75) is 5.16 Å². The topological polar surface area (TPSA) is 69.2 Å². The predicted octanol–water partition coefficient (Wildman–Crippen LogP) is 1.94. The second kappa shape index (κ2) is 5.24. The Kier molecular flexibility index (Phi) is 3.77. The Morgan fingerprint density at radius 3 is 1.71 bits per heavy atom. The summed E-state index contributed by atoms with van der Waals surface area (Å²) < 4.78 is 92.3. The fourth-order valence-electron chi connectivity index (χ4n) is 1.22. The third-order valence-corrected chi connectivity index (χ3v) is 3.17. The highest BCUT2D eigenvalue weighted by Crippen LogP contribution is 2.30. The molecule has 0 fully saturated rings. The molecule has 21 heavy (non-hydrogen) atoms. The summed E-state index contributed by atoms with van der Waals surface area (Å²) in [5, 5.41) is -1.01. The number of hydrogen-bond donors (Lipinski definition) is 0. The van der Waals surface area contributed by atoms with Gasteiger partial charge in [-0.05, 0) is 6.07 Å². The maximum absolute atomic E-state index is 13.3. The molecule has 5 nitrogen and oxygen atoms in total. The molecule has 0 saturated heterocycles. The summed E-state index contributed by atoms with van der Waals surface area (Å²) in [4.78, 5) is 6.48. The van der Waals surface area contributed by atoms with Crippen molar-refractivity contribution in [1.29, 1.82) is 0 Å². The van der Waals surface area contributed by atoms with Gasteiger partial charge in [0.25, 0.3) is 5.16 Å². The quantitative estimate of drug-likeness (QED) is 0.283. The maximum Gasteiger partial charge on any atom is 0.375 e. The van der Waals surface area contributed by atoms with E-state index in [0.29, 0.717) is 0 Å². The zero-order valence-corrected chi connectivity index (χ0v) is 10.5. The van der Waals surface area contributed by atoms with Crippen LogP contribution in [0.4, 0.5) is 22.0 Å². The zero-order valence-electron chi connectivity index (χ0n) is 9.65.